The van der Waals surface area contributed by atoms with E-state index in [0.29, 0.717) is 37.6 Å². The van der Waals surface area contributed by atoms with Gasteiger partial charge in [0.15, 0.2) is 0 Å². The summed E-state index contributed by atoms with van der Waals surface area (Å²) >= 11 is 12.4. The summed E-state index contributed by atoms with van der Waals surface area (Å²) < 4.78 is 5.33. The van der Waals surface area contributed by atoms with Crippen LogP contribution in [0.1, 0.15) is 18.4 Å². The van der Waals surface area contributed by atoms with Gasteiger partial charge in [0.2, 0.25) is 11.8 Å². The van der Waals surface area contributed by atoms with Crippen molar-refractivity contribution in [1.82, 2.24) is 14.7 Å². The van der Waals surface area contributed by atoms with Crippen LogP contribution in [0.3, 0.4) is 0 Å². The summed E-state index contributed by atoms with van der Waals surface area (Å²) in [5.74, 6) is -1.84. The number of carbonyl (C=O) groups excluding carboxylic acids is 2. The van der Waals surface area contributed by atoms with Gasteiger partial charge in [0, 0.05) is 37.6 Å². The van der Waals surface area contributed by atoms with Crippen LogP contribution in [0.25, 0.3) is 0 Å². The number of benzene rings is 1. The number of hydrogen-bond acceptors (Lipinski definition) is 5. The van der Waals surface area contributed by atoms with Gasteiger partial charge in [-0.15, -0.1) is 0 Å². The summed E-state index contributed by atoms with van der Waals surface area (Å²) in [5.41, 5.74) is 0.108. The van der Waals surface area contributed by atoms with Gasteiger partial charge in [-0.3, -0.25) is 19.3 Å². The second-order valence-electron chi connectivity index (χ2n) is 7.74. The number of piperazine rings is 1. The zero-order chi connectivity index (χ0) is 22.4. The normalized spacial score (nSPS) is 21.4. The molecule has 2 atom stereocenters. The minimum Gasteiger partial charge on any atom is -0.481 e. The number of rotatable bonds is 9. The van der Waals surface area contributed by atoms with Crippen LogP contribution in [0.4, 0.5) is 0 Å². The molecule has 0 bridgehead atoms. The third-order valence-corrected chi connectivity index (χ3v) is 6.21. The van der Waals surface area contributed by atoms with Crippen molar-refractivity contribution < 1.29 is 24.2 Å². The zero-order valence-electron chi connectivity index (χ0n) is 17.2. The Morgan fingerprint density at radius 1 is 1.16 bits per heavy atom. The summed E-state index contributed by atoms with van der Waals surface area (Å²) in [6.07, 6.45) is 0.544. The Labute approximate surface area is 191 Å². The van der Waals surface area contributed by atoms with Gasteiger partial charge < -0.3 is 19.6 Å². The van der Waals surface area contributed by atoms with Crippen molar-refractivity contribution in [3.63, 3.8) is 0 Å². The smallest absolute Gasteiger partial charge is 0.305 e. The van der Waals surface area contributed by atoms with E-state index in [2.05, 4.69) is 4.90 Å². The van der Waals surface area contributed by atoms with E-state index in [4.69, 9.17) is 27.9 Å². The zero-order valence-corrected chi connectivity index (χ0v) is 18.7. The Kier molecular flexibility index (Phi) is 8.54. The average molecular weight is 472 g/mol. The van der Waals surface area contributed by atoms with Crippen molar-refractivity contribution >= 4 is 41.0 Å². The highest BCUT2D eigenvalue weighted by Crippen LogP contribution is 2.23. The van der Waals surface area contributed by atoms with E-state index in [0.717, 1.165) is 25.2 Å². The van der Waals surface area contributed by atoms with Crippen LogP contribution in [0.2, 0.25) is 5.02 Å². The molecule has 2 fully saturated rings. The van der Waals surface area contributed by atoms with Gasteiger partial charge in [-0.25, -0.2) is 0 Å². The van der Waals surface area contributed by atoms with E-state index >= 15 is 0 Å². The molecule has 10 heteroatoms. The standard InChI is InChI=1S/C21H27Cl2N3O5/c22-16-4-2-15(3-5-16)12-18(23)26-14-19(27)25(17(21(26)30)13-20(28)29)7-1-6-24-8-10-31-11-9-24/h2-5,17-18H,1,6-14H2,(H,28,29). The predicted octanol–water partition coefficient (Wildman–Crippen LogP) is 1.68. The number of nitrogens with zero attached hydrogens (tertiary/aromatic N) is 3. The van der Waals surface area contributed by atoms with Crippen molar-refractivity contribution in [3.8, 4) is 0 Å². The van der Waals surface area contributed by atoms with E-state index < -0.39 is 29.8 Å². The number of carboxylic acid groups (broad SMARTS) is 1. The summed E-state index contributed by atoms with van der Waals surface area (Å²) in [7, 11) is 0. The topological polar surface area (TPSA) is 90.4 Å². The quantitative estimate of drug-likeness (QED) is 0.435. The number of aliphatic carboxylic acids is 1. The first-order chi connectivity index (χ1) is 14.8. The van der Waals surface area contributed by atoms with Gasteiger partial charge in [0.05, 0.1) is 19.6 Å². The van der Waals surface area contributed by atoms with E-state index in [1.54, 1.807) is 24.3 Å². The highest BCUT2D eigenvalue weighted by molar-refractivity contribution is 6.30. The first-order valence-corrected chi connectivity index (χ1v) is 11.2. The lowest BCUT2D eigenvalue weighted by molar-refractivity contribution is -0.159. The van der Waals surface area contributed by atoms with Crippen LogP contribution in [0.5, 0.6) is 0 Å². The number of carbonyl (C=O) groups is 3. The highest BCUT2D eigenvalue weighted by Gasteiger charge is 2.42. The molecule has 2 saturated heterocycles. The number of amides is 2. The molecule has 1 aromatic carbocycles. The monoisotopic (exact) mass is 471 g/mol. The van der Waals surface area contributed by atoms with Crippen LogP contribution >= 0.6 is 23.2 Å². The van der Waals surface area contributed by atoms with Crippen molar-refractivity contribution in [1.29, 1.82) is 0 Å². The van der Waals surface area contributed by atoms with Gasteiger partial charge in [-0.1, -0.05) is 35.3 Å². The molecule has 2 heterocycles. The molecule has 0 saturated carbocycles. The van der Waals surface area contributed by atoms with Crippen LogP contribution in [-0.2, 0) is 25.5 Å². The van der Waals surface area contributed by atoms with E-state index in [-0.39, 0.29) is 12.5 Å². The first kappa shape index (κ1) is 23.8. The maximum atomic E-state index is 13.1. The third kappa shape index (κ3) is 6.55. The molecule has 2 aliphatic heterocycles. The Balaban J connectivity index is 1.64. The molecule has 2 unspecified atom stereocenters. The molecule has 2 aliphatic rings. The molecule has 0 aliphatic carbocycles. The summed E-state index contributed by atoms with van der Waals surface area (Å²) in [4.78, 5) is 42.3. The second-order valence-corrected chi connectivity index (χ2v) is 8.68. The molecule has 0 spiro atoms. The Bertz CT molecular complexity index is 786. The van der Waals surface area contributed by atoms with Gasteiger partial charge in [-0.2, -0.15) is 0 Å². The molecule has 8 nitrogen and oxygen atoms in total. The Hall–Kier alpha value is -1.87. The Morgan fingerprint density at radius 2 is 1.84 bits per heavy atom. The fourth-order valence-corrected chi connectivity index (χ4v) is 4.38. The minimum atomic E-state index is -1.13. The third-order valence-electron chi connectivity index (χ3n) is 5.57. The van der Waals surface area contributed by atoms with Gasteiger partial charge in [0.25, 0.3) is 0 Å². The summed E-state index contributed by atoms with van der Waals surface area (Å²) in [6.45, 7) is 3.96. The Morgan fingerprint density at radius 3 is 2.48 bits per heavy atom. The van der Waals surface area contributed by atoms with E-state index in [1.165, 1.54) is 9.80 Å². The molecule has 2 amide bonds. The van der Waals surface area contributed by atoms with Crippen LogP contribution in [0, 0.1) is 0 Å². The fourth-order valence-electron chi connectivity index (χ4n) is 3.91. The second kappa shape index (κ2) is 11.1. The largest absolute Gasteiger partial charge is 0.481 e. The number of halogens is 2. The first-order valence-electron chi connectivity index (χ1n) is 10.4. The lowest BCUT2D eigenvalue weighted by atomic mass is 10.0. The molecule has 31 heavy (non-hydrogen) atoms. The summed E-state index contributed by atoms with van der Waals surface area (Å²) in [5, 5.41) is 9.92. The number of carboxylic acids is 1. The molecule has 1 aromatic rings. The molecule has 0 radical (unpaired) electrons. The van der Waals surface area contributed by atoms with Crippen LogP contribution in [0.15, 0.2) is 24.3 Å². The predicted molar refractivity (Wildman–Crippen MR) is 116 cm³/mol. The molecular weight excluding hydrogens is 445 g/mol. The van der Waals surface area contributed by atoms with Gasteiger partial charge in [0.1, 0.15) is 18.1 Å². The van der Waals surface area contributed by atoms with Crippen LogP contribution in [-0.4, -0.2) is 95.1 Å². The average Bonchev–Trinajstić information content (AvgIpc) is 2.74. The SMILES string of the molecule is O=C(O)CC1C(=O)N(C(Cl)Cc2ccc(Cl)cc2)CC(=O)N1CCCN1CCOCC1. The van der Waals surface area contributed by atoms with Crippen molar-refractivity contribution in [2.24, 2.45) is 0 Å². The lowest BCUT2D eigenvalue weighted by Gasteiger charge is -2.41. The minimum absolute atomic E-state index is 0.158. The van der Waals surface area contributed by atoms with Crippen molar-refractivity contribution in [2.45, 2.75) is 30.8 Å². The van der Waals surface area contributed by atoms with Crippen LogP contribution < -0.4 is 0 Å². The maximum Gasteiger partial charge on any atom is 0.305 e. The van der Waals surface area contributed by atoms with Crippen molar-refractivity contribution in [2.75, 3.05) is 45.9 Å². The highest BCUT2D eigenvalue weighted by atomic mass is 35.5. The number of hydrogen-bond donors (Lipinski definition) is 1. The molecule has 3 rings (SSSR count). The molecule has 170 valence electrons. The molecular formula is C21H27Cl2N3O5. The van der Waals surface area contributed by atoms with Gasteiger partial charge in [-0.05, 0) is 24.1 Å². The summed E-state index contributed by atoms with van der Waals surface area (Å²) in [6, 6.07) is 6.02. The van der Waals surface area contributed by atoms with E-state index in [9.17, 15) is 19.5 Å². The van der Waals surface area contributed by atoms with Crippen molar-refractivity contribution in [3.05, 3.63) is 34.9 Å². The number of morpholine rings is 1. The number of ether oxygens (including phenoxy) is 1. The lowest BCUT2D eigenvalue weighted by Crippen LogP contribution is -2.62. The van der Waals surface area contributed by atoms with Gasteiger partial charge >= 0.3 is 5.97 Å². The molecule has 0 aromatic heterocycles. The maximum absolute atomic E-state index is 13.1. The van der Waals surface area contributed by atoms with E-state index in [1.807, 2.05) is 0 Å². The fraction of sp³-hybridized carbons (Fsp3) is 0.571. The number of alkyl halides is 1. The molecule has 1 N–H and O–H groups in total.